The van der Waals surface area contributed by atoms with Crippen molar-refractivity contribution in [3.05, 3.63) is 17.5 Å². The monoisotopic (exact) mass is 240 g/mol. The van der Waals surface area contributed by atoms with E-state index < -0.39 is 5.54 Å². The normalized spacial score (nSPS) is 18.9. The number of halogens is 1. The molecule has 86 valence electrons. The van der Waals surface area contributed by atoms with Crippen molar-refractivity contribution in [1.29, 1.82) is 0 Å². The highest BCUT2D eigenvalue weighted by atomic mass is 35.5. The van der Waals surface area contributed by atoms with Gasteiger partial charge in [-0.2, -0.15) is 0 Å². The van der Waals surface area contributed by atoms with E-state index in [0.29, 0.717) is 5.82 Å². The maximum absolute atomic E-state index is 11.9. The van der Waals surface area contributed by atoms with Crippen LogP contribution in [-0.2, 0) is 4.79 Å². The average Bonchev–Trinajstić information content (AvgIpc) is 3.00. The lowest BCUT2D eigenvalue weighted by Gasteiger charge is -2.22. The second kappa shape index (κ2) is 3.99. The Labute approximate surface area is 98.4 Å². The molecule has 1 fully saturated rings. The van der Waals surface area contributed by atoms with E-state index in [9.17, 15) is 4.79 Å². The van der Waals surface area contributed by atoms with E-state index in [1.165, 1.54) is 6.20 Å². The number of nitrogens with one attached hydrogen (secondary N) is 1. The van der Waals surface area contributed by atoms with E-state index in [1.807, 2.05) is 0 Å². The first-order chi connectivity index (χ1) is 7.50. The predicted molar refractivity (Wildman–Crippen MR) is 61.0 cm³/mol. The van der Waals surface area contributed by atoms with Crippen LogP contribution in [-0.4, -0.2) is 21.4 Å². The lowest BCUT2D eigenvalue weighted by Crippen LogP contribution is -2.50. The Morgan fingerprint density at radius 1 is 1.69 bits per heavy atom. The quantitative estimate of drug-likeness (QED) is 0.778. The second-order valence-corrected chi connectivity index (χ2v) is 4.56. The third kappa shape index (κ3) is 2.31. The molecule has 1 amide bonds. The van der Waals surface area contributed by atoms with Gasteiger partial charge in [0.2, 0.25) is 11.2 Å². The molecule has 1 aliphatic rings. The number of nitrogens with zero attached hydrogens (tertiary/aromatic N) is 2. The lowest BCUT2D eigenvalue weighted by atomic mass is 9.96. The van der Waals surface area contributed by atoms with Crippen LogP contribution in [0.25, 0.3) is 0 Å². The fraction of sp³-hybridized carbons (Fsp3) is 0.500. The van der Waals surface area contributed by atoms with Gasteiger partial charge in [-0.25, -0.2) is 9.97 Å². The van der Waals surface area contributed by atoms with Gasteiger partial charge in [0.05, 0.1) is 5.54 Å². The van der Waals surface area contributed by atoms with Crippen molar-refractivity contribution < 1.29 is 4.79 Å². The van der Waals surface area contributed by atoms with Gasteiger partial charge in [0, 0.05) is 6.20 Å². The number of anilines is 1. The maximum Gasteiger partial charge on any atom is 0.245 e. The summed E-state index contributed by atoms with van der Waals surface area (Å²) in [5.41, 5.74) is 5.13. The minimum Gasteiger partial charge on any atom is -0.317 e. The summed E-state index contributed by atoms with van der Waals surface area (Å²) in [6.45, 7) is 1.74. The number of carbonyl (C=O) groups is 1. The molecule has 0 saturated heterocycles. The van der Waals surface area contributed by atoms with Crippen molar-refractivity contribution in [3.63, 3.8) is 0 Å². The molecule has 1 heterocycles. The highest BCUT2D eigenvalue weighted by Gasteiger charge is 2.44. The molecule has 1 aliphatic carbocycles. The molecule has 6 heteroatoms. The maximum atomic E-state index is 11.9. The molecule has 5 nitrogen and oxygen atoms in total. The summed E-state index contributed by atoms with van der Waals surface area (Å²) in [5.74, 6) is 0.414. The summed E-state index contributed by atoms with van der Waals surface area (Å²) in [5, 5.41) is 2.74. The van der Waals surface area contributed by atoms with Gasteiger partial charge in [0.25, 0.3) is 0 Å². The van der Waals surface area contributed by atoms with Crippen molar-refractivity contribution in [2.45, 2.75) is 25.3 Å². The van der Waals surface area contributed by atoms with E-state index in [2.05, 4.69) is 15.3 Å². The van der Waals surface area contributed by atoms with Gasteiger partial charge < -0.3 is 11.1 Å². The van der Waals surface area contributed by atoms with Crippen LogP contribution in [0.2, 0.25) is 5.28 Å². The first kappa shape index (κ1) is 11.3. The van der Waals surface area contributed by atoms with Crippen molar-refractivity contribution in [2.75, 3.05) is 5.32 Å². The molecule has 1 atom stereocenters. The molecule has 1 saturated carbocycles. The molecule has 0 bridgehead atoms. The van der Waals surface area contributed by atoms with Crippen molar-refractivity contribution in [1.82, 2.24) is 9.97 Å². The van der Waals surface area contributed by atoms with E-state index in [1.54, 1.807) is 13.0 Å². The van der Waals surface area contributed by atoms with Gasteiger partial charge in [0.1, 0.15) is 5.82 Å². The number of hydrogen-bond acceptors (Lipinski definition) is 4. The predicted octanol–water partition coefficient (Wildman–Crippen LogP) is 1.20. The van der Waals surface area contributed by atoms with Crippen LogP contribution in [0.3, 0.4) is 0 Å². The Bertz CT molecular complexity index is 417. The van der Waals surface area contributed by atoms with Crippen molar-refractivity contribution >= 4 is 23.3 Å². The van der Waals surface area contributed by atoms with Crippen LogP contribution in [0.4, 0.5) is 5.82 Å². The molecule has 3 N–H and O–H groups in total. The molecule has 0 aromatic carbocycles. The Morgan fingerprint density at radius 3 is 2.94 bits per heavy atom. The van der Waals surface area contributed by atoms with Crippen LogP contribution in [0, 0.1) is 5.92 Å². The molecule has 16 heavy (non-hydrogen) atoms. The average molecular weight is 241 g/mol. The number of carbonyl (C=O) groups excluding carboxylic acids is 1. The summed E-state index contributed by atoms with van der Waals surface area (Å²) in [6, 6.07) is 1.58. The molecule has 1 aromatic rings. The fourth-order valence-corrected chi connectivity index (χ4v) is 1.67. The molecule has 1 aromatic heterocycles. The van der Waals surface area contributed by atoms with Gasteiger partial charge in [-0.1, -0.05) is 0 Å². The largest absolute Gasteiger partial charge is 0.317 e. The molecule has 1 unspecified atom stereocenters. The summed E-state index contributed by atoms with van der Waals surface area (Å²) >= 11 is 5.61. The van der Waals surface area contributed by atoms with Crippen molar-refractivity contribution in [2.24, 2.45) is 11.7 Å². The zero-order chi connectivity index (χ0) is 11.8. The number of rotatable bonds is 3. The Balaban J connectivity index is 2.07. The minimum absolute atomic E-state index is 0.1000. The van der Waals surface area contributed by atoms with Gasteiger partial charge in [0.15, 0.2) is 0 Å². The summed E-state index contributed by atoms with van der Waals surface area (Å²) < 4.78 is 0. The van der Waals surface area contributed by atoms with E-state index in [4.69, 9.17) is 17.3 Å². The fourth-order valence-electron chi connectivity index (χ4n) is 1.52. The molecule has 0 radical (unpaired) electrons. The topological polar surface area (TPSA) is 80.9 Å². The summed E-state index contributed by atoms with van der Waals surface area (Å²) in [7, 11) is 0. The van der Waals surface area contributed by atoms with Crippen LogP contribution in [0.1, 0.15) is 19.8 Å². The van der Waals surface area contributed by atoms with Crippen molar-refractivity contribution in [3.8, 4) is 0 Å². The first-order valence-electron chi connectivity index (χ1n) is 5.09. The lowest BCUT2D eigenvalue weighted by molar-refractivity contribution is -0.121. The third-order valence-corrected chi connectivity index (χ3v) is 2.96. The zero-order valence-corrected chi connectivity index (χ0v) is 9.66. The molecule has 2 rings (SSSR count). The van der Waals surface area contributed by atoms with E-state index in [0.717, 1.165) is 12.8 Å². The summed E-state index contributed by atoms with van der Waals surface area (Å²) in [4.78, 5) is 19.5. The minimum atomic E-state index is -0.836. The summed E-state index contributed by atoms with van der Waals surface area (Å²) in [6.07, 6.45) is 3.49. The number of amides is 1. The van der Waals surface area contributed by atoms with Gasteiger partial charge in [-0.3, -0.25) is 4.79 Å². The van der Waals surface area contributed by atoms with E-state index in [-0.39, 0.29) is 17.1 Å². The van der Waals surface area contributed by atoms with Gasteiger partial charge in [-0.15, -0.1) is 0 Å². The van der Waals surface area contributed by atoms with Crippen LogP contribution in [0.15, 0.2) is 12.3 Å². The Kier molecular flexibility index (Phi) is 2.82. The number of hydrogen-bond donors (Lipinski definition) is 2. The smallest absolute Gasteiger partial charge is 0.245 e. The third-order valence-electron chi connectivity index (χ3n) is 2.78. The molecule has 0 spiro atoms. The van der Waals surface area contributed by atoms with Gasteiger partial charge in [-0.05, 0) is 43.4 Å². The first-order valence-corrected chi connectivity index (χ1v) is 5.47. The van der Waals surface area contributed by atoms with Crippen LogP contribution in [0.5, 0.6) is 0 Å². The van der Waals surface area contributed by atoms with Crippen LogP contribution >= 0.6 is 11.6 Å². The highest BCUT2D eigenvalue weighted by Crippen LogP contribution is 2.38. The standard InChI is InChI=1S/C10H13ClN4O/c1-10(12,6-2-3-6)8(16)14-7-4-5-13-9(11)15-7/h4-6H,2-3,12H2,1H3,(H,13,14,15,16). The van der Waals surface area contributed by atoms with Gasteiger partial charge >= 0.3 is 0 Å². The van der Waals surface area contributed by atoms with E-state index >= 15 is 0 Å². The second-order valence-electron chi connectivity index (χ2n) is 4.22. The molecular formula is C10H13ClN4O. The number of nitrogens with two attached hydrogens (primary N) is 1. The SMILES string of the molecule is CC(N)(C(=O)Nc1ccnc(Cl)n1)C1CC1. The number of aromatic nitrogens is 2. The zero-order valence-electron chi connectivity index (χ0n) is 8.90. The Hall–Kier alpha value is -1.20. The molecule has 0 aliphatic heterocycles. The van der Waals surface area contributed by atoms with Crippen LogP contribution < -0.4 is 11.1 Å². The highest BCUT2D eigenvalue weighted by molar-refractivity contribution is 6.28. The Morgan fingerprint density at radius 2 is 2.38 bits per heavy atom. The molecular weight excluding hydrogens is 228 g/mol.